The third-order valence-corrected chi connectivity index (χ3v) is 3.11. The standard InChI is InChI=1S/C16H21F6N3O2.HI/c1-2-23-14(24-7-6-15(17,18)19)25-9-12(26)10-27-13-5-3-4-11(8-13)16(20,21)22;/h3-5,8,12,26H,2,6-7,9-10H2,1H3,(H2,23,24,25);1H. The molecule has 0 aliphatic heterocycles. The fourth-order valence-electron chi connectivity index (χ4n) is 1.87. The Hall–Kier alpha value is -1.44. The second kappa shape index (κ2) is 12.2. The van der Waals surface area contributed by atoms with Crippen molar-refractivity contribution < 1.29 is 36.2 Å². The smallest absolute Gasteiger partial charge is 0.416 e. The van der Waals surface area contributed by atoms with E-state index in [1.54, 1.807) is 6.92 Å². The molecule has 1 aromatic carbocycles. The summed E-state index contributed by atoms with van der Waals surface area (Å²) >= 11 is 0. The van der Waals surface area contributed by atoms with Gasteiger partial charge >= 0.3 is 12.4 Å². The van der Waals surface area contributed by atoms with Crippen LogP contribution in [0.25, 0.3) is 0 Å². The van der Waals surface area contributed by atoms with E-state index in [0.29, 0.717) is 6.54 Å². The first-order chi connectivity index (χ1) is 12.5. The van der Waals surface area contributed by atoms with Gasteiger partial charge in [0.25, 0.3) is 0 Å². The summed E-state index contributed by atoms with van der Waals surface area (Å²) in [4.78, 5) is 3.92. The largest absolute Gasteiger partial charge is 0.491 e. The van der Waals surface area contributed by atoms with Crippen molar-refractivity contribution in [1.82, 2.24) is 10.6 Å². The number of alkyl halides is 6. The average molecular weight is 529 g/mol. The maximum absolute atomic E-state index is 12.6. The Kier molecular flexibility index (Phi) is 11.6. The molecule has 0 radical (unpaired) electrons. The van der Waals surface area contributed by atoms with Gasteiger partial charge in [0, 0.05) is 13.1 Å². The predicted molar refractivity (Wildman–Crippen MR) is 103 cm³/mol. The normalized spacial score (nSPS) is 13.5. The van der Waals surface area contributed by atoms with Crippen LogP contribution in [-0.4, -0.2) is 49.6 Å². The number of benzene rings is 1. The molecule has 3 N–H and O–H groups in total. The van der Waals surface area contributed by atoms with Crippen molar-refractivity contribution in [1.29, 1.82) is 0 Å². The monoisotopic (exact) mass is 529 g/mol. The second-order valence-corrected chi connectivity index (χ2v) is 5.50. The summed E-state index contributed by atoms with van der Waals surface area (Å²) < 4.78 is 79.4. The number of aliphatic imine (C=N–C) groups is 1. The molecule has 5 nitrogen and oxygen atoms in total. The molecular formula is C16H22F6IN3O2. The SMILES string of the molecule is CCNC(=NCC(O)COc1cccc(C(F)(F)F)c1)NCCC(F)(F)F.I. The number of rotatable bonds is 8. The summed E-state index contributed by atoms with van der Waals surface area (Å²) in [5.41, 5.74) is -0.879. The Bertz CT molecular complexity index is 611. The Balaban J connectivity index is 0.00000729. The number of ether oxygens (including phenoxy) is 1. The molecule has 0 heterocycles. The van der Waals surface area contributed by atoms with Crippen LogP contribution in [0.4, 0.5) is 26.3 Å². The first-order valence-corrected chi connectivity index (χ1v) is 8.08. The van der Waals surface area contributed by atoms with Gasteiger partial charge in [-0.05, 0) is 25.1 Å². The lowest BCUT2D eigenvalue weighted by atomic mass is 10.2. The van der Waals surface area contributed by atoms with E-state index in [0.717, 1.165) is 12.1 Å². The summed E-state index contributed by atoms with van der Waals surface area (Å²) in [5, 5.41) is 15.0. The van der Waals surface area contributed by atoms with Crippen LogP contribution in [0.1, 0.15) is 18.9 Å². The molecule has 0 amide bonds. The van der Waals surface area contributed by atoms with Crippen LogP contribution in [0.3, 0.4) is 0 Å². The molecule has 1 atom stereocenters. The molecule has 12 heteroatoms. The van der Waals surface area contributed by atoms with Crippen LogP contribution in [-0.2, 0) is 6.18 Å². The Morgan fingerprint density at radius 3 is 2.43 bits per heavy atom. The summed E-state index contributed by atoms with van der Waals surface area (Å²) in [7, 11) is 0. The molecule has 0 aliphatic carbocycles. The summed E-state index contributed by atoms with van der Waals surface area (Å²) in [6, 6.07) is 4.19. The fraction of sp³-hybridized carbons (Fsp3) is 0.562. The highest BCUT2D eigenvalue weighted by Gasteiger charge is 2.30. The highest BCUT2D eigenvalue weighted by atomic mass is 127. The van der Waals surface area contributed by atoms with Gasteiger partial charge in [-0.2, -0.15) is 26.3 Å². The number of aliphatic hydroxyl groups excluding tert-OH is 1. The summed E-state index contributed by atoms with van der Waals surface area (Å²) in [6.07, 6.45) is -11.0. The van der Waals surface area contributed by atoms with Crippen molar-refractivity contribution in [2.75, 3.05) is 26.2 Å². The van der Waals surface area contributed by atoms with Crippen molar-refractivity contribution >= 4 is 29.9 Å². The molecule has 1 rings (SSSR count). The third-order valence-electron chi connectivity index (χ3n) is 3.11. The zero-order chi connectivity index (χ0) is 20.5. The second-order valence-electron chi connectivity index (χ2n) is 5.50. The molecule has 0 spiro atoms. The van der Waals surface area contributed by atoms with Crippen LogP contribution in [0.2, 0.25) is 0 Å². The van der Waals surface area contributed by atoms with Crippen LogP contribution in [0.15, 0.2) is 29.3 Å². The molecule has 0 fully saturated rings. The number of hydrogen-bond acceptors (Lipinski definition) is 3. The van der Waals surface area contributed by atoms with Gasteiger partial charge in [-0.1, -0.05) is 6.07 Å². The van der Waals surface area contributed by atoms with Gasteiger partial charge < -0.3 is 20.5 Å². The molecule has 0 aromatic heterocycles. The fourth-order valence-corrected chi connectivity index (χ4v) is 1.87. The minimum atomic E-state index is -4.51. The maximum atomic E-state index is 12.6. The van der Waals surface area contributed by atoms with Gasteiger partial charge in [-0.25, -0.2) is 0 Å². The Labute approximate surface area is 175 Å². The minimum absolute atomic E-state index is 0. The lowest BCUT2D eigenvalue weighted by Crippen LogP contribution is -2.39. The van der Waals surface area contributed by atoms with Gasteiger partial charge in [0.2, 0.25) is 0 Å². The summed E-state index contributed by atoms with van der Waals surface area (Å²) in [5.74, 6) is 0.0166. The minimum Gasteiger partial charge on any atom is -0.491 e. The number of aliphatic hydroxyl groups is 1. The zero-order valence-corrected chi connectivity index (χ0v) is 17.2. The van der Waals surface area contributed by atoms with E-state index >= 15 is 0 Å². The first-order valence-electron chi connectivity index (χ1n) is 8.08. The van der Waals surface area contributed by atoms with Gasteiger partial charge in [-0.3, -0.25) is 4.99 Å². The zero-order valence-electron chi connectivity index (χ0n) is 14.9. The Morgan fingerprint density at radius 2 is 1.86 bits per heavy atom. The quantitative estimate of drug-likeness (QED) is 0.209. The molecule has 1 unspecified atom stereocenters. The van der Waals surface area contributed by atoms with E-state index in [1.165, 1.54) is 12.1 Å². The van der Waals surface area contributed by atoms with Crippen LogP contribution < -0.4 is 15.4 Å². The van der Waals surface area contributed by atoms with Gasteiger partial charge in [0.15, 0.2) is 5.96 Å². The van der Waals surface area contributed by atoms with Crippen molar-refractivity contribution in [2.24, 2.45) is 4.99 Å². The maximum Gasteiger partial charge on any atom is 0.416 e. The molecule has 28 heavy (non-hydrogen) atoms. The summed E-state index contributed by atoms with van der Waals surface area (Å²) in [6.45, 7) is 1.20. The first kappa shape index (κ1) is 26.6. The highest BCUT2D eigenvalue weighted by Crippen LogP contribution is 2.31. The molecule has 1 aromatic rings. The van der Waals surface area contributed by atoms with Crippen LogP contribution in [0.5, 0.6) is 5.75 Å². The number of guanidine groups is 1. The van der Waals surface area contributed by atoms with E-state index < -0.39 is 30.4 Å². The van der Waals surface area contributed by atoms with E-state index in [-0.39, 0.29) is 55.4 Å². The van der Waals surface area contributed by atoms with Gasteiger partial charge in [0.05, 0.1) is 18.5 Å². The van der Waals surface area contributed by atoms with Gasteiger partial charge in [-0.15, -0.1) is 24.0 Å². The van der Waals surface area contributed by atoms with Crippen molar-refractivity contribution in [2.45, 2.75) is 31.8 Å². The molecule has 0 saturated heterocycles. The van der Waals surface area contributed by atoms with Crippen LogP contribution in [0, 0.1) is 0 Å². The molecule has 0 bridgehead atoms. The molecule has 0 aliphatic rings. The van der Waals surface area contributed by atoms with E-state index in [4.69, 9.17) is 4.74 Å². The molecule has 0 saturated carbocycles. The van der Waals surface area contributed by atoms with E-state index in [9.17, 15) is 31.4 Å². The average Bonchev–Trinajstić information content (AvgIpc) is 2.56. The lowest BCUT2D eigenvalue weighted by molar-refractivity contribution is -0.137. The number of hydrogen-bond donors (Lipinski definition) is 3. The third kappa shape index (κ3) is 11.4. The Morgan fingerprint density at radius 1 is 1.18 bits per heavy atom. The number of nitrogens with zero attached hydrogens (tertiary/aromatic N) is 1. The van der Waals surface area contributed by atoms with Crippen molar-refractivity contribution in [3.05, 3.63) is 29.8 Å². The van der Waals surface area contributed by atoms with E-state index in [1.807, 2.05) is 0 Å². The van der Waals surface area contributed by atoms with Crippen LogP contribution >= 0.6 is 24.0 Å². The number of nitrogens with one attached hydrogen (secondary N) is 2. The van der Waals surface area contributed by atoms with Crippen molar-refractivity contribution in [3.63, 3.8) is 0 Å². The van der Waals surface area contributed by atoms with Gasteiger partial charge in [0.1, 0.15) is 18.5 Å². The van der Waals surface area contributed by atoms with E-state index in [2.05, 4.69) is 15.6 Å². The lowest BCUT2D eigenvalue weighted by Gasteiger charge is -2.15. The predicted octanol–water partition coefficient (Wildman–Crippen LogP) is 3.57. The van der Waals surface area contributed by atoms with Crippen molar-refractivity contribution in [3.8, 4) is 5.75 Å². The highest BCUT2D eigenvalue weighted by molar-refractivity contribution is 14.0. The topological polar surface area (TPSA) is 65.9 Å². The number of halogens is 7. The molecular weight excluding hydrogens is 507 g/mol. The molecule has 162 valence electrons.